The van der Waals surface area contributed by atoms with Gasteiger partial charge in [-0.1, -0.05) is 13.8 Å². The van der Waals surface area contributed by atoms with Gasteiger partial charge in [0.05, 0.1) is 23.3 Å². The Kier molecular flexibility index (Phi) is 5.99. The van der Waals surface area contributed by atoms with Crippen molar-refractivity contribution in [3.05, 3.63) is 46.4 Å². The van der Waals surface area contributed by atoms with Crippen molar-refractivity contribution < 1.29 is 14.5 Å². The third-order valence-electron chi connectivity index (χ3n) is 2.27. The van der Waals surface area contributed by atoms with Gasteiger partial charge in [0.25, 0.3) is 0 Å². The van der Waals surface area contributed by atoms with Gasteiger partial charge in [-0.2, -0.15) is 5.10 Å². The molecule has 2 rings (SSSR count). The Hall–Kier alpha value is -2.77. The van der Waals surface area contributed by atoms with Crippen molar-refractivity contribution in [1.82, 2.24) is 14.8 Å². The summed E-state index contributed by atoms with van der Waals surface area (Å²) in [6, 6.07) is 2.77. The number of nitrogens with zero attached hydrogens (tertiary/aromatic N) is 4. The maximum Gasteiger partial charge on any atom is 0.341 e. The molecule has 8 heteroatoms. The first-order valence-corrected chi connectivity index (χ1v) is 6.45. The predicted molar refractivity (Wildman–Crippen MR) is 75.3 cm³/mol. The Morgan fingerprint density at radius 2 is 2.19 bits per heavy atom. The molecule has 0 aliphatic rings. The van der Waals surface area contributed by atoms with Gasteiger partial charge in [-0.25, -0.2) is 14.5 Å². The summed E-state index contributed by atoms with van der Waals surface area (Å²) in [6.45, 7) is 5.93. The Labute approximate surface area is 121 Å². The van der Waals surface area contributed by atoms with Crippen molar-refractivity contribution >= 4 is 11.7 Å². The molecule has 0 aliphatic carbocycles. The number of carbonyl (C=O) groups is 1. The van der Waals surface area contributed by atoms with Gasteiger partial charge >= 0.3 is 11.7 Å². The normalized spacial score (nSPS) is 9.48. The highest BCUT2D eigenvalue weighted by molar-refractivity contribution is 5.88. The van der Waals surface area contributed by atoms with Crippen LogP contribution in [0.15, 0.2) is 30.7 Å². The zero-order valence-electron chi connectivity index (χ0n) is 12.0. The van der Waals surface area contributed by atoms with Gasteiger partial charge < -0.3 is 4.74 Å². The first kappa shape index (κ1) is 16.3. The molecule has 0 saturated carbocycles. The van der Waals surface area contributed by atoms with Crippen LogP contribution < -0.4 is 0 Å². The maximum atomic E-state index is 11.5. The van der Waals surface area contributed by atoms with Crippen molar-refractivity contribution in [1.29, 1.82) is 0 Å². The number of aromatic nitrogens is 3. The van der Waals surface area contributed by atoms with Gasteiger partial charge in [0.15, 0.2) is 0 Å². The van der Waals surface area contributed by atoms with Crippen LogP contribution in [-0.4, -0.2) is 32.3 Å². The number of nitro groups is 1. The van der Waals surface area contributed by atoms with Crippen LogP contribution >= 0.6 is 0 Å². The number of pyridine rings is 1. The SMILES string of the molecule is CC.CCOC(=O)c1cnn(-c2ncccc2[N+](=O)[O-])c1. The van der Waals surface area contributed by atoms with Crippen LogP contribution in [-0.2, 0) is 4.74 Å². The molecule has 2 aromatic heterocycles. The van der Waals surface area contributed by atoms with Gasteiger partial charge in [-0.05, 0) is 13.0 Å². The lowest BCUT2D eigenvalue weighted by Crippen LogP contribution is -2.04. The van der Waals surface area contributed by atoms with Crippen LogP contribution in [0.5, 0.6) is 0 Å². The lowest BCUT2D eigenvalue weighted by atomic mass is 10.3. The van der Waals surface area contributed by atoms with Crippen molar-refractivity contribution in [2.24, 2.45) is 0 Å². The van der Waals surface area contributed by atoms with Crippen LogP contribution in [0.25, 0.3) is 5.82 Å². The summed E-state index contributed by atoms with van der Waals surface area (Å²) in [7, 11) is 0. The van der Waals surface area contributed by atoms with Crippen molar-refractivity contribution in [2.75, 3.05) is 6.61 Å². The number of hydrogen-bond acceptors (Lipinski definition) is 6. The van der Waals surface area contributed by atoms with E-state index in [0.717, 1.165) is 0 Å². The Balaban J connectivity index is 0.00000106. The number of ether oxygens (including phenoxy) is 1. The largest absolute Gasteiger partial charge is 0.462 e. The second-order valence-corrected chi connectivity index (χ2v) is 3.50. The number of carbonyl (C=O) groups excluding carboxylic acids is 1. The molecule has 8 nitrogen and oxygen atoms in total. The molecule has 112 valence electrons. The highest BCUT2D eigenvalue weighted by Gasteiger charge is 2.18. The zero-order chi connectivity index (χ0) is 15.8. The molecule has 0 radical (unpaired) electrons. The highest BCUT2D eigenvalue weighted by Crippen LogP contribution is 2.19. The molecular formula is C13H16N4O4. The van der Waals surface area contributed by atoms with E-state index in [1.54, 1.807) is 6.92 Å². The highest BCUT2D eigenvalue weighted by atomic mass is 16.6. The molecule has 0 aromatic carbocycles. The minimum atomic E-state index is -0.561. The number of esters is 1. The molecule has 0 saturated heterocycles. The van der Waals surface area contributed by atoms with Crippen molar-refractivity contribution in [3.63, 3.8) is 0 Å². The summed E-state index contributed by atoms with van der Waals surface area (Å²) in [5.74, 6) is -0.490. The van der Waals surface area contributed by atoms with Gasteiger partial charge in [0.2, 0.25) is 5.82 Å². The van der Waals surface area contributed by atoms with Gasteiger partial charge in [-0.3, -0.25) is 10.1 Å². The predicted octanol–water partition coefficient (Wildman–Crippen LogP) is 2.38. The van der Waals surface area contributed by atoms with Gasteiger partial charge in [0.1, 0.15) is 0 Å². The molecule has 0 N–H and O–H groups in total. The summed E-state index contributed by atoms with van der Waals surface area (Å²) >= 11 is 0. The second kappa shape index (κ2) is 7.73. The van der Waals surface area contributed by atoms with Crippen LogP contribution in [0.3, 0.4) is 0 Å². The standard InChI is InChI=1S/C11H10N4O4.C2H6/c1-2-19-11(16)8-6-13-14(7-8)10-9(15(17)18)4-3-5-12-10;1-2/h3-7H,2H2,1H3;1-2H3. The quantitative estimate of drug-likeness (QED) is 0.487. The van der Waals surface area contributed by atoms with E-state index in [1.165, 1.54) is 35.4 Å². The smallest absolute Gasteiger partial charge is 0.341 e. The fourth-order valence-electron chi connectivity index (χ4n) is 1.47. The molecule has 0 aliphatic heterocycles. The number of hydrogen-bond donors (Lipinski definition) is 0. The van der Waals surface area contributed by atoms with E-state index in [4.69, 9.17) is 4.74 Å². The van der Waals surface area contributed by atoms with E-state index in [0.29, 0.717) is 0 Å². The average molecular weight is 292 g/mol. The van der Waals surface area contributed by atoms with Crippen molar-refractivity contribution in [3.8, 4) is 5.82 Å². The summed E-state index contributed by atoms with van der Waals surface area (Å²) in [5.41, 5.74) is 0.0165. The molecule has 21 heavy (non-hydrogen) atoms. The second-order valence-electron chi connectivity index (χ2n) is 3.50. The number of rotatable bonds is 4. The topological polar surface area (TPSA) is 100 Å². The van der Waals surface area contributed by atoms with Crippen LogP contribution in [0.2, 0.25) is 0 Å². The van der Waals surface area contributed by atoms with E-state index in [-0.39, 0.29) is 23.7 Å². The average Bonchev–Trinajstić information content (AvgIpc) is 2.99. The molecule has 0 fully saturated rings. The molecule has 0 spiro atoms. The van der Waals surface area contributed by atoms with Gasteiger partial charge in [0, 0.05) is 18.5 Å². The third kappa shape index (κ3) is 3.85. The summed E-state index contributed by atoms with van der Waals surface area (Å²) < 4.78 is 5.98. The summed E-state index contributed by atoms with van der Waals surface area (Å²) in [5, 5.41) is 14.8. The Morgan fingerprint density at radius 3 is 2.81 bits per heavy atom. The monoisotopic (exact) mass is 292 g/mol. The summed E-state index contributed by atoms with van der Waals surface area (Å²) in [4.78, 5) is 25.7. The lowest BCUT2D eigenvalue weighted by Gasteiger charge is -2.00. The Bertz CT molecular complexity index is 624. The van der Waals surface area contributed by atoms with E-state index in [1.807, 2.05) is 13.8 Å². The Morgan fingerprint density at radius 1 is 1.48 bits per heavy atom. The zero-order valence-corrected chi connectivity index (χ0v) is 12.0. The van der Waals surface area contributed by atoms with Crippen LogP contribution in [0.4, 0.5) is 5.69 Å². The molecule has 0 bridgehead atoms. The first-order valence-electron chi connectivity index (χ1n) is 6.45. The maximum absolute atomic E-state index is 11.5. The van der Waals surface area contributed by atoms with E-state index < -0.39 is 10.9 Å². The minimum Gasteiger partial charge on any atom is -0.462 e. The fraction of sp³-hybridized carbons (Fsp3) is 0.308. The van der Waals surface area contributed by atoms with E-state index in [2.05, 4.69) is 10.1 Å². The molecule has 2 heterocycles. The van der Waals surface area contributed by atoms with Crippen molar-refractivity contribution in [2.45, 2.75) is 20.8 Å². The molecule has 0 unspecified atom stereocenters. The summed E-state index contributed by atoms with van der Waals surface area (Å²) in [6.07, 6.45) is 4.03. The molecule has 2 aromatic rings. The fourth-order valence-corrected chi connectivity index (χ4v) is 1.47. The first-order chi connectivity index (χ1) is 10.1. The van der Waals surface area contributed by atoms with Crippen LogP contribution in [0.1, 0.15) is 31.1 Å². The minimum absolute atomic E-state index is 0.0445. The van der Waals surface area contributed by atoms with E-state index in [9.17, 15) is 14.9 Å². The molecule has 0 amide bonds. The molecular weight excluding hydrogens is 276 g/mol. The van der Waals surface area contributed by atoms with E-state index >= 15 is 0 Å². The third-order valence-corrected chi connectivity index (χ3v) is 2.27. The lowest BCUT2D eigenvalue weighted by molar-refractivity contribution is -0.384. The van der Waals surface area contributed by atoms with Crippen LogP contribution in [0, 0.1) is 10.1 Å². The van der Waals surface area contributed by atoms with Gasteiger partial charge in [-0.15, -0.1) is 0 Å². The molecule has 0 atom stereocenters.